The first-order valence-electron chi connectivity index (χ1n) is 5.42. The first kappa shape index (κ1) is 12.3. The minimum absolute atomic E-state index is 0.576. The van der Waals surface area contributed by atoms with Crippen LogP contribution in [0.1, 0.15) is 25.2 Å². The van der Waals surface area contributed by atoms with Crippen LogP contribution in [0, 0.1) is 6.92 Å². The summed E-state index contributed by atoms with van der Waals surface area (Å²) in [7, 11) is 0. The summed E-state index contributed by atoms with van der Waals surface area (Å²) in [5, 5.41) is 9.87. The Hall–Kier alpha value is -1.13. The second kappa shape index (κ2) is 4.27. The van der Waals surface area contributed by atoms with Gasteiger partial charge in [0.15, 0.2) is 0 Å². The molecule has 0 aliphatic rings. The van der Waals surface area contributed by atoms with Crippen LogP contribution in [0.2, 0.25) is 0 Å². The molecule has 0 bridgehead atoms. The number of hydrogen-bond acceptors (Lipinski definition) is 2. The highest BCUT2D eigenvalue weighted by molar-refractivity contribution is 9.10. The molecular formula is C13H15BrN2O. The molecule has 4 heteroatoms. The highest BCUT2D eigenvalue weighted by Gasteiger charge is 2.20. The fourth-order valence-electron chi connectivity index (χ4n) is 1.65. The lowest BCUT2D eigenvalue weighted by Gasteiger charge is -2.13. The molecule has 0 aliphatic heterocycles. The Bertz CT molecular complexity index is 541. The molecule has 0 saturated heterocycles. The molecule has 2 rings (SSSR count). The summed E-state index contributed by atoms with van der Waals surface area (Å²) in [4.78, 5) is 7.37. The normalized spacial score (nSPS) is 11.8. The Morgan fingerprint density at radius 1 is 1.35 bits per heavy atom. The van der Waals surface area contributed by atoms with Crippen LogP contribution in [-0.2, 0) is 5.60 Å². The Balaban J connectivity index is 2.47. The topological polar surface area (TPSA) is 48.9 Å². The lowest BCUT2D eigenvalue weighted by molar-refractivity contribution is 0.0697. The monoisotopic (exact) mass is 294 g/mol. The minimum Gasteiger partial charge on any atom is -0.383 e. The zero-order valence-electron chi connectivity index (χ0n) is 10.1. The van der Waals surface area contributed by atoms with E-state index in [2.05, 4.69) is 25.9 Å². The van der Waals surface area contributed by atoms with E-state index >= 15 is 0 Å². The molecule has 2 N–H and O–H groups in total. The zero-order chi connectivity index (χ0) is 12.6. The van der Waals surface area contributed by atoms with Crippen molar-refractivity contribution >= 4 is 15.9 Å². The van der Waals surface area contributed by atoms with Gasteiger partial charge in [0.05, 0.1) is 11.9 Å². The quantitative estimate of drug-likeness (QED) is 0.892. The van der Waals surface area contributed by atoms with Gasteiger partial charge in [0.1, 0.15) is 11.4 Å². The van der Waals surface area contributed by atoms with Crippen molar-refractivity contribution in [3.05, 3.63) is 40.3 Å². The maximum Gasteiger partial charge on any atom is 0.138 e. The van der Waals surface area contributed by atoms with E-state index in [1.165, 1.54) is 5.56 Å². The molecule has 0 fully saturated rings. The van der Waals surface area contributed by atoms with E-state index < -0.39 is 5.60 Å². The van der Waals surface area contributed by atoms with E-state index in [1.807, 2.05) is 25.1 Å². The molecule has 3 nitrogen and oxygen atoms in total. The number of nitrogens with one attached hydrogen (secondary N) is 1. The van der Waals surface area contributed by atoms with E-state index in [0.29, 0.717) is 5.82 Å². The maximum absolute atomic E-state index is 9.87. The number of aryl methyl sites for hydroxylation is 1. The third-order valence-corrected chi connectivity index (χ3v) is 3.14. The van der Waals surface area contributed by atoms with Crippen molar-refractivity contribution in [1.29, 1.82) is 0 Å². The number of nitrogens with zero attached hydrogens (tertiary/aromatic N) is 1. The van der Waals surface area contributed by atoms with Gasteiger partial charge in [-0.15, -0.1) is 0 Å². The van der Waals surface area contributed by atoms with Crippen LogP contribution in [-0.4, -0.2) is 15.1 Å². The molecule has 1 aromatic heterocycles. The molecule has 0 radical (unpaired) electrons. The number of aromatic nitrogens is 2. The largest absolute Gasteiger partial charge is 0.383 e. The van der Waals surface area contributed by atoms with Gasteiger partial charge in [-0.05, 0) is 38.5 Å². The van der Waals surface area contributed by atoms with Crippen LogP contribution in [0.25, 0.3) is 11.3 Å². The second-order valence-electron chi connectivity index (χ2n) is 4.66. The van der Waals surface area contributed by atoms with Gasteiger partial charge >= 0.3 is 0 Å². The highest BCUT2D eigenvalue weighted by atomic mass is 79.9. The van der Waals surface area contributed by atoms with Gasteiger partial charge in [0, 0.05) is 10.0 Å². The lowest BCUT2D eigenvalue weighted by atomic mass is 10.1. The fraction of sp³-hybridized carbons (Fsp3) is 0.308. The van der Waals surface area contributed by atoms with Crippen LogP contribution in [0.5, 0.6) is 0 Å². The number of benzene rings is 1. The van der Waals surface area contributed by atoms with Gasteiger partial charge in [-0.2, -0.15) is 0 Å². The number of aliphatic hydroxyl groups is 1. The number of halogens is 1. The summed E-state index contributed by atoms with van der Waals surface area (Å²) in [6, 6.07) is 6.09. The lowest BCUT2D eigenvalue weighted by Crippen LogP contribution is -2.17. The third-order valence-electron chi connectivity index (χ3n) is 2.65. The van der Waals surface area contributed by atoms with E-state index in [0.717, 1.165) is 15.7 Å². The number of hydrogen-bond donors (Lipinski definition) is 2. The summed E-state index contributed by atoms with van der Waals surface area (Å²) in [6.07, 6.45) is 1.75. The first-order valence-corrected chi connectivity index (χ1v) is 6.21. The maximum atomic E-state index is 9.87. The van der Waals surface area contributed by atoms with Crippen LogP contribution >= 0.6 is 15.9 Å². The molecule has 0 spiro atoms. The average molecular weight is 295 g/mol. The highest BCUT2D eigenvalue weighted by Crippen LogP contribution is 2.27. The van der Waals surface area contributed by atoms with Crippen molar-refractivity contribution in [1.82, 2.24) is 9.97 Å². The number of H-pyrrole nitrogens is 1. The predicted molar refractivity (Wildman–Crippen MR) is 71.7 cm³/mol. The number of imidazole rings is 1. The van der Waals surface area contributed by atoms with Gasteiger partial charge < -0.3 is 10.1 Å². The summed E-state index contributed by atoms with van der Waals surface area (Å²) >= 11 is 3.46. The first-order chi connectivity index (χ1) is 7.88. The van der Waals surface area contributed by atoms with Crippen molar-refractivity contribution in [3.8, 4) is 11.3 Å². The van der Waals surface area contributed by atoms with E-state index in [9.17, 15) is 5.11 Å². The smallest absolute Gasteiger partial charge is 0.138 e. The van der Waals surface area contributed by atoms with Gasteiger partial charge in [-0.25, -0.2) is 4.98 Å². The molecule has 0 amide bonds. The Morgan fingerprint density at radius 3 is 2.65 bits per heavy atom. The molecule has 0 saturated carbocycles. The Morgan fingerprint density at radius 2 is 2.06 bits per heavy atom. The van der Waals surface area contributed by atoms with Gasteiger partial charge in [-0.1, -0.05) is 22.0 Å². The number of aromatic amines is 1. The molecule has 0 unspecified atom stereocenters. The van der Waals surface area contributed by atoms with Crippen molar-refractivity contribution < 1.29 is 5.11 Å². The molecule has 2 aromatic rings. The minimum atomic E-state index is -0.946. The van der Waals surface area contributed by atoms with E-state index in [1.54, 1.807) is 20.0 Å². The molecule has 1 heterocycles. The van der Waals surface area contributed by atoms with Crippen LogP contribution in [0.3, 0.4) is 0 Å². The van der Waals surface area contributed by atoms with Crippen LogP contribution in [0.15, 0.2) is 28.9 Å². The van der Waals surface area contributed by atoms with Crippen molar-refractivity contribution in [2.24, 2.45) is 0 Å². The number of rotatable bonds is 2. The standard InChI is InChI=1S/C13H15BrN2O/c1-8-4-5-9(14)6-10(8)11-7-15-12(16-11)13(2,3)17/h4-7,17H,1-3H3,(H,15,16). The van der Waals surface area contributed by atoms with Crippen LogP contribution < -0.4 is 0 Å². The van der Waals surface area contributed by atoms with Crippen LogP contribution in [0.4, 0.5) is 0 Å². The van der Waals surface area contributed by atoms with Crippen molar-refractivity contribution in [3.63, 3.8) is 0 Å². The third kappa shape index (κ3) is 2.58. The van der Waals surface area contributed by atoms with Crippen molar-refractivity contribution in [2.45, 2.75) is 26.4 Å². The molecule has 90 valence electrons. The predicted octanol–water partition coefficient (Wildman–Crippen LogP) is 3.38. The molecule has 0 aliphatic carbocycles. The summed E-state index contributed by atoms with van der Waals surface area (Å²) in [6.45, 7) is 5.47. The Kier molecular flexibility index (Phi) is 3.10. The fourth-order valence-corrected chi connectivity index (χ4v) is 2.01. The van der Waals surface area contributed by atoms with Gasteiger partial charge in [0.2, 0.25) is 0 Å². The zero-order valence-corrected chi connectivity index (χ0v) is 11.7. The Labute approximate surface area is 109 Å². The molecule has 1 aromatic carbocycles. The molecule has 0 atom stereocenters. The average Bonchev–Trinajstić information content (AvgIpc) is 2.70. The SMILES string of the molecule is Cc1ccc(Br)cc1-c1cnc(C(C)(C)O)[nH]1. The van der Waals surface area contributed by atoms with Gasteiger partial charge in [0.25, 0.3) is 0 Å². The van der Waals surface area contributed by atoms with E-state index in [-0.39, 0.29) is 0 Å². The summed E-state index contributed by atoms with van der Waals surface area (Å²) in [5.41, 5.74) is 2.22. The molecular weight excluding hydrogens is 280 g/mol. The molecule has 17 heavy (non-hydrogen) atoms. The second-order valence-corrected chi connectivity index (χ2v) is 5.58. The van der Waals surface area contributed by atoms with E-state index in [4.69, 9.17) is 0 Å². The summed E-state index contributed by atoms with van der Waals surface area (Å²) in [5.74, 6) is 0.576. The summed E-state index contributed by atoms with van der Waals surface area (Å²) < 4.78 is 1.03. The van der Waals surface area contributed by atoms with Gasteiger partial charge in [-0.3, -0.25) is 0 Å². The van der Waals surface area contributed by atoms with Crippen molar-refractivity contribution in [2.75, 3.05) is 0 Å².